The van der Waals surface area contributed by atoms with Crippen LogP contribution in [0.3, 0.4) is 0 Å². The minimum atomic E-state index is -2.26. The Balaban J connectivity index is 3.38. The van der Waals surface area contributed by atoms with Crippen molar-refractivity contribution in [2.24, 2.45) is 5.92 Å². The minimum Gasteiger partial charge on any atom is -0.304 e. The van der Waals surface area contributed by atoms with Gasteiger partial charge in [0, 0.05) is 5.92 Å². The van der Waals surface area contributed by atoms with Gasteiger partial charge in [0.05, 0.1) is 0 Å². The molecule has 0 aliphatic carbocycles. The smallest absolute Gasteiger partial charge is 0.167 e. The molecule has 114 valence electrons. The summed E-state index contributed by atoms with van der Waals surface area (Å²) in [7, 11) is -2.26. The van der Waals surface area contributed by atoms with Crippen molar-refractivity contribution in [2.75, 3.05) is 0 Å². The second-order valence-electron chi connectivity index (χ2n) is 5.79. The molecule has 21 heavy (non-hydrogen) atoms. The molecule has 0 saturated carbocycles. The topological polar surface area (TPSA) is 17.1 Å². The van der Waals surface area contributed by atoms with Crippen LogP contribution in [0.4, 0.5) is 0 Å². The molecule has 0 spiro atoms. The molecule has 1 aromatic carbocycles. The predicted octanol–water partition coefficient (Wildman–Crippen LogP) is 4.65. The first kappa shape index (κ1) is 17.6. The molecular formula is C19H28OSi. The molecule has 0 fully saturated rings. The average Bonchev–Trinajstić information content (AvgIpc) is 2.52. The fourth-order valence-electron chi connectivity index (χ4n) is 3.14. The van der Waals surface area contributed by atoms with Gasteiger partial charge in [-0.1, -0.05) is 86.6 Å². The standard InChI is InChI=1S/C19H28OSi/c1-6-12-16(4)19(20)21(5,17(8-3)13-7-2)18-14-10-9-11-15-18/h6-7,9-17H,8H2,1-5H3/b12-6-,13-7-. The number of benzene rings is 1. The molecule has 0 radical (unpaired) electrons. The van der Waals surface area contributed by atoms with Crippen molar-refractivity contribution in [1.82, 2.24) is 0 Å². The van der Waals surface area contributed by atoms with Gasteiger partial charge in [0.15, 0.2) is 8.07 Å². The zero-order valence-corrected chi connectivity index (χ0v) is 15.0. The third-order valence-electron chi connectivity index (χ3n) is 4.39. The molecule has 0 bridgehead atoms. The zero-order valence-electron chi connectivity index (χ0n) is 14.0. The van der Waals surface area contributed by atoms with Crippen molar-refractivity contribution in [3.8, 4) is 0 Å². The molecule has 0 aliphatic heterocycles. The Morgan fingerprint density at radius 3 is 2.19 bits per heavy atom. The van der Waals surface area contributed by atoms with Gasteiger partial charge in [-0.15, -0.1) is 0 Å². The molecule has 2 heteroatoms. The summed E-state index contributed by atoms with van der Waals surface area (Å²) in [6.45, 7) is 10.5. The maximum Gasteiger partial charge on any atom is 0.167 e. The lowest BCUT2D eigenvalue weighted by Gasteiger charge is -2.34. The Labute approximate surface area is 130 Å². The van der Waals surface area contributed by atoms with E-state index in [1.54, 1.807) is 0 Å². The van der Waals surface area contributed by atoms with E-state index in [2.05, 4.69) is 49.9 Å². The number of hydrogen-bond acceptors (Lipinski definition) is 1. The Hall–Kier alpha value is -1.41. The molecule has 0 heterocycles. The van der Waals surface area contributed by atoms with E-state index in [0.717, 1.165) is 6.42 Å². The van der Waals surface area contributed by atoms with Crippen molar-refractivity contribution in [3.05, 3.63) is 54.6 Å². The van der Waals surface area contributed by atoms with Gasteiger partial charge in [0.2, 0.25) is 0 Å². The average molecular weight is 301 g/mol. The van der Waals surface area contributed by atoms with Crippen molar-refractivity contribution < 1.29 is 4.79 Å². The number of hydrogen-bond donors (Lipinski definition) is 0. The second-order valence-corrected chi connectivity index (χ2v) is 10.0. The number of carbonyl (C=O) groups excluding carboxylic acids is 1. The van der Waals surface area contributed by atoms with E-state index in [1.165, 1.54) is 5.19 Å². The number of rotatable bonds is 7. The van der Waals surface area contributed by atoms with E-state index < -0.39 is 8.07 Å². The third kappa shape index (κ3) is 3.82. The first-order valence-electron chi connectivity index (χ1n) is 7.87. The molecule has 0 amide bonds. The summed E-state index contributed by atoms with van der Waals surface area (Å²) in [5, 5.41) is 1.67. The molecule has 3 atom stereocenters. The number of carbonyl (C=O) groups is 1. The normalized spacial score (nSPS) is 17.8. The molecule has 1 nitrogen and oxygen atoms in total. The molecule has 3 unspecified atom stereocenters. The maximum atomic E-state index is 13.2. The van der Waals surface area contributed by atoms with Gasteiger partial charge in [-0.3, -0.25) is 0 Å². The summed E-state index contributed by atoms with van der Waals surface area (Å²) in [5.74, 6) is -0.00817. The summed E-state index contributed by atoms with van der Waals surface area (Å²) in [5.41, 5.74) is 0.352. The van der Waals surface area contributed by atoms with Crippen molar-refractivity contribution in [1.29, 1.82) is 0 Å². The van der Waals surface area contributed by atoms with Crippen LogP contribution in [0.2, 0.25) is 12.1 Å². The Morgan fingerprint density at radius 2 is 1.71 bits per heavy atom. The fourth-order valence-corrected chi connectivity index (χ4v) is 7.54. The zero-order chi connectivity index (χ0) is 15.9. The summed E-state index contributed by atoms with van der Waals surface area (Å²) < 4.78 is 0. The van der Waals surface area contributed by atoms with E-state index in [1.807, 2.05) is 39.0 Å². The number of allylic oxidation sites excluding steroid dienone is 4. The van der Waals surface area contributed by atoms with Crippen molar-refractivity contribution in [3.63, 3.8) is 0 Å². The summed E-state index contributed by atoms with van der Waals surface area (Å²) in [6, 6.07) is 10.4. The van der Waals surface area contributed by atoms with E-state index in [9.17, 15) is 4.79 Å². The molecule has 0 aliphatic rings. The van der Waals surface area contributed by atoms with Crippen LogP contribution < -0.4 is 5.19 Å². The lowest BCUT2D eigenvalue weighted by Crippen LogP contribution is -2.57. The summed E-state index contributed by atoms with van der Waals surface area (Å²) in [4.78, 5) is 13.2. The first-order valence-corrected chi connectivity index (χ1v) is 10.5. The van der Waals surface area contributed by atoms with Gasteiger partial charge < -0.3 is 4.79 Å². The van der Waals surface area contributed by atoms with Crippen LogP contribution in [0.5, 0.6) is 0 Å². The van der Waals surface area contributed by atoms with E-state index >= 15 is 0 Å². The molecule has 1 aromatic rings. The Morgan fingerprint density at radius 1 is 1.14 bits per heavy atom. The highest BCUT2D eigenvalue weighted by Gasteiger charge is 2.44. The second kappa shape index (κ2) is 8.13. The Kier molecular flexibility index (Phi) is 6.83. The van der Waals surface area contributed by atoms with Crippen molar-refractivity contribution >= 4 is 18.7 Å². The van der Waals surface area contributed by atoms with Gasteiger partial charge in [-0.05, 0) is 19.4 Å². The summed E-state index contributed by atoms with van der Waals surface area (Å²) in [6.07, 6.45) is 9.35. The molecule has 0 saturated heterocycles. The highest BCUT2D eigenvalue weighted by molar-refractivity contribution is 7.15. The van der Waals surface area contributed by atoms with E-state index in [4.69, 9.17) is 0 Å². The van der Waals surface area contributed by atoms with Crippen LogP contribution in [0.25, 0.3) is 0 Å². The van der Waals surface area contributed by atoms with Crippen LogP contribution >= 0.6 is 0 Å². The minimum absolute atomic E-state index is 0.00817. The van der Waals surface area contributed by atoms with Crippen LogP contribution in [-0.4, -0.2) is 13.5 Å². The van der Waals surface area contributed by atoms with E-state index in [0.29, 0.717) is 10.9 Å². The van der Waals surface area contributed by atoms with Gasteiger partial charge in [-0.2, -0.15) is 0 Å². The third-order valence-corrected chi connectivity index (χ3v) is 9.48. The van der Waals surface area contributed by atoms with Crippen molar-refractivity contribution in [2.45, 2.75) is 46.2 Å². The fraction of sp³-hybridized carbons (Fsp3) is 0.421. The van der Waals surface area contributed by atoms with Gasteiger partial charge in [0.1, 0.15) is 5.41 Å². The first-order chi connectivity index (χ1) is 10.0. The largest absolute Gasteiger partial charge is 0.304 e. The van der Waals surface area contributed by atoms with Gasteiger partial charge in [0.25, 0.3) is 0 Å². The molecule has 0 aromatic heterocycles. The molecule has 1 rings (SSSR count). The maximum absolute atomic E-state index is 13.2. The van der Waals surface area contributed by atoms with Gasteiger partial charge >= 0.3 is 0 Å². The lowest BCUT2D eigenvalue weighted by molar-refractivity contribution is -0.114. The molecule has 0 N–H and O–H groups in total. The quantitative estimate of drug-likeness (QED) is 0.529. The SMILES string of the molecule is C/C=C\C(C)C(=O)[Si](C)(c1ccccc1)C(/C=C\C)CC. The molecular weight excluding hydrogens is 272 g/mol. The van der Waals surface area contributed by atoms with Crippen LogP contribution in [-0.2, 0) is 4.79 Å². The van der Waals surface area contributed by atoms with Crippen LogP contribution in [0.1, 0.15) is 34.1 Å². The Bertz CT molecular complexity index is 504. The van der Waals surface area contributed by atoms with Crippen LogP contribution in [0.15, 0.2) is 54.6 Å². The van der Waals surface area contributed by atoms with E-state index in [-0.39, 0.29) is 5.92 Å². The lowest BCUT2D eigenvalue weighted by atomic mass is 10.2. The highest BCUT2D eigenvalue weighted by Crippen LogP contribution is 2.30. The highest BCUT2D eigenvalue weighted by atomic mass is 28.3. The van der Waals surface area contributed by atoms with Gasteiger partial charge in [-0.25, -0.2) is 0 Å². The summed E-state index contributed by atoms with van der Waals surface area (Å²) >= 11 is 0. The van der Waals surface area contributed by atoms with Crippen LogP contribution in [0, 0.1) is 5.92 Å². The predicted molar refractivity (Wildman–Crippen MR) is 95.5 cm³/mol. The monoisotopic (exact) mass is 300 g/mol.